The zero-order valence-corrected chi connectivity index (χ0v) is 13.6. The standard InChI is InChI=1S/C21H20N2O/c22-12-16-6-8-18(9-7-16)19-10-20-14-24-15-21(11-19)23(20)13-17-4-2-1-3-5-17/h1-10,20-21H,11,13-15H2. The van der Waals surface area contributed by atoms with Gasteiger partial charge in [0, 0.05) is 12.6 Å². The third kappa shape index (κ3) is 2.99. The normalized spacial score (nSPS) is 23.4. The van der Waals surface area contributed by atoms with Crippen molar-refractivity contribution in [2.24, 2.45) is 0 Å². The van der Waals surface area contributed by atoms with Gasteiger partial charge < -0.3 is 4.74 Å². The van der Waals surface area contributed by atoms with Crippen LogP contribution in [0.5, 0.6) is 0 Å². The van der Waals surface area contributed by atoms with Gasteiger partial charge in [-0.1, -0.05) is 48.5 Å². The van der Waals surface area contributed by atoms with Crippen LogP contribution in [-0.2, 0) is 11.3 Å². The fourth-order valence-corrected chi connectivity index (χ4v) is 3.67. The molecule has 1 saturated heterocycles. The minimum Gasteiger partial charge on any atom is -0.378 e. The van der Waals surface area contributed by atoms with Crippen molar-refractivity contribution in [3.63, 3.8) is 0 Å². The maximum absolute atomic E-state index is 8.96. The quantitative estimate of drug-likeness (QED) is 0.868. The van der Waals surface area contributed by atoms with Gasteiger partial charge in [0.25, 0.3) is 0 Å². The topological polar surface area (TPSA) is 36.3 Å². The minimum absolute atomic E-state index is 0.323. The van der Waals surface area contributed by atoms with Crippen LogP contribution >= 0.6 is 0 Å². The molecule has 1 fully saturated rings. The number of morpholine rings is 1. The number of hydrogen-bond donors (Lipinski definition) is 0. The SMILES string of the molecule is N#Cc1ccc(C2=CC3COCC(C2)N3Cc2ccccc2)cc1. The zero-order chi connectivity index (χ0) is 16.4. The third-order valence-electron chi connectivity index (χ3n) is 4.94. The van der Waals surface area contributed by atoms with Gasteiger partial charge in [-0.3, -0.25) is 4.90 Å². The van der Waals surface area contributed by atoms with E-state index in [1.54, 1.807) is 0 Å². The molecule has 2 heterocycles. The van der Waals surface area contributed by atoms with Crippen molar-refractivity contribution in [1.82, 2.24) is 4.90 Å². The van der Waals surface area contributed by atoms with Gasteiger partial charge in [0.15, 0.2) is 0 Å². The molecule has 2 unspecified atom stereocenters. The summed E-state index contributed by atoms with van der Waals surface area (Å²) in [6, 6.07) is 21.5. The molecular weight excluding hydrogens is 296 g/mol. The second kappa shape index (κ2) is 6.60. The van der Waals surface area contributed by atoms with Crippen LogP contribution in [0.3, 0.4) is 0 Å². The molecular formula is C21H20N2O. The van der Waals surface area contributed by atoms with Gasteiger partial charge in [-0.25, -0.2) is 0 Å². The summed E-state index contributed by atoms with van der Waals surface area (Å²) in [7, 11) is 0. The first-order valence-corrected chi connectivity index (χ1v) is 8.42. The van der Waals surface area contributed by atoms with E-state index < -0.39 is 0 Å². The molecule has 3 heteroatoms. The van der Waals surface area contributed by atoms with Crippen LogP contribution in [0.2, 0.25) is 0 Å². The van der Waals surface area contributed by atoms with Crippen LogP contribution in [0.25, 0.3) is 5.57 Å². The number of ether oxygens (including phenoxy) is 1. The van der Waals surface area contributed by atoms with Crippen molar-refractivity contribution < 1.29 is 4.74 Å². The first kappa shape index (κ1) is 15.1. The summed E-state index contributed by atoms with van der Waals surface area (Å²) in [5.74, 6) is 0. The number of hydrogen-bond acceptors (Lipinski definition) is 3. The van der Waals surface area contributed by atoms with Gasteiger partial charge in [-0.2, -0.15) is 5.26 Å². The lowest BCUT2D eigenvalue weighted by atomic mass is 9.89. The minimum atomic E-state index is 0.323. The van der Waals surface area contributed by atoms with E-state index in [9.17, 15) is 0 Å². The molecule has 0 aromatic heterocycles. The summed E-state index contributed by atoms with van der Waals surface area (Å²) >= 11 is 0. The Balaban J connectivity index is 1.58. The predicted octanol–water partition coefficient (Wildman–Crippen LogP) is 3.61. The van der Waals surface area contributed by atoms with Crippen LogP contribution in [0.1, 0.15) is 23.1 Å². The Bertz CT molecular complexity index is 774. The van der Waals surface area contributed by atoms with Crippen molar-refractivity contribution >= 4 is 5.57 Å². The molecule has 24 heavy (non-hydrogen) atoms. The van der Waals surface area contributed by atoms with Gasteiger partial charge in [0.1, 0.15) is 0 Å². The highest BCUT2D eigenvalue weighted by atomic mass is 16.5. The highest BCUT2D eigenvalue weighted by Gasteiger charge is 2.34. The van der Waals surface area contributed by atoms with E-state index in [2.05, 4.69) is 59.5 Å². The molecule has 0 aliphatic carbocycles. The van der Waals surface area contributed by atoms with E-state index in [1.165, 1.54) is 16.7 Å². The van der Waals surface area contributed by atoms with E-state index >= 15 is 0 Å². The molecule has 3 nitrogen and oxygen atoms in total. The van der Waals surface area contributed by atoms with E-state index in [0.29, 0.717) is 17.6 Å². The summed E-state index contributed by atoms with van der Waals surface area (Å²) < 4.78 is 5.80. The predicted molar refractivity (Wildman–Crippen MR) is 94.1 cm³/mol. The molecule has 120 valence electrons. The van der Waals surface area contributed by atoms with Gasteiger partial charge in [0.2, 0.25) is 0 Å². The summed E-state index contributed by atoms with van der Waals surface area (Å²) in [6.07, 6.45) is 3.34. The van der Waals surface area contributed by atoms with Gasteiger partial charge in [-0.05, 0) is 35.3 Å². The average Bonchev–Trinajstić information content (AvgIpc) is 2.62. The second-order valence-corrected chi connectivity index (χ2v) is 6.50. The van der Waals surface area contributed by atoms with E-state index in [0.717, 1.165) is 26.2 Å². The zero-order valence-electron chi connectivity index (χ0n) is 13.6. The molecule has 0 radical (unpaired) electrons. The van der Waals surface area contributed by atoms with Crippen LogP contribution in [0.4, 0.5) is 0 Å². The largest absolute Gasteiger partial charge is 0.378 e. The van der Waals surface area contributed by atoms with E-state index in [1.807, 2.05) is 12.1 Å². The molecule has 2 aromatic rings. The maximum Gasteiger partial charge on any atom is 0.0991 e. The van der Waals surface area contributed by atoms with Crippen molar-refractivity contribution in [3.05, 3.63) is 77.4 Å². The maximum atomic E-state index is 8.96. The van der Waals surface area contributed by atoms with Gasteiger partial charge >= 0.3 is 0 Å². The Morgan fingerprint density at radius 2 is 1.83 bits per heavy atom. The van der Waals surface area contributed by atoms with E-state index in [-0.39, 0.29) is 0 Å². The molecule has 0 N–H and O–H groups in total. The average molecular weight is 316 g/mol. The highest BCUT2D eigenvalue weighted by molar-refractivity contribution is 5.68. The molecule has 2 aliphatic rings. The lowest BCUT2D eigenvalue weighted by Crippen LogP contribution is -2.53. The number of nitrogens with zero attached hydrogens (tertiary/aromatic N) is 2. The Morgan fingerprint density at radius 1 is 1.04 bits per heavy atom. The highest BCUT2D eigenvalue weighted by Crippen LogP contribution is 2.33. The molecule has 0 saturated carbocycles. The molecule has 4 rings (SSSR count). The Kier molecular flexibility index (Phi) is 4.17. The van der Waals surface area contributed by atoms with Gasteiger partial charge in [0.05, 0.1) is 30.9 Å². The molecule has 2 aromatic carbocycles. The second-order valence-electron chi connectivity index (χ2n) is 6.50. The lowest BCUT2D eigenvalue weighted by molar-refractivity contribution is -0.0402. The van der Waals surface area contributed by atoms with Crippen molar-refractivity contribution in [2.45, 2.75) is 25.0 Å². The Morgan fingerprint density at radius 3 is 2.54 bits per heavy atom. The van der Waals surface area contributed by atoms with E-state index in [4.69, 9.17) is 10.00 Å². The van der Waals surface area contributed by atoms with Crippen molar-refractivity contribution in [3.8, 4) is 6.07 Å². The lowest BCUT2D eigenvalue weighted by Gasteiger charge is -2.44. The smallest absolute Gasteiger partial charge is 0.0991 e. The fraction of sp³-hybridized carbons (Fsp3) is 0.286. The molecule has 2 aliphatic heterocycles. The molecule has 0 amide bonds. The molecule has 0 spiro atoms. The Labute approximate surface area is 142 Å². The van der Waals surface area contributed by atoms with Crippen molar-refractivity contribution in [1.29, 1.82) is 5.26 Å². The monoisotopic (exact) mass is 316 g/mol. The number of nitriles is 1. The third-order valence-corrected chi connectivity index (χ3v) is 4.94. The number of fused-ring (bicyclic) bond motifs is 2. The summed E-state index contributed by atoms with van der Waals surface area (Å²) in [5.41, 5.74) is 4.67. The summed E-state index contributed by atoms with van der Waals surface area (Å²) in [5, 5.41) is 8.96. The first-order valence-electron chi connectivity index (χ1n) is 8.42. The van der Waals surface area contributed by atoms with Crippen LogP contribution in [0, 0.1) is 11.3 Å². The summed E-state index contributed by atoms with van der Waals surface area (Å²) in [6.45, 7) is 2.51. The van der Waals surface area contributed by atoms with Crippen molar-refractivity contribution in [2.75, 3.05) is 13.2 Å². The molecule has 2 atom stereocenters. The molecule has 2 bridgehead atoms. The summed E-state index contributed by atoms with van der Waals surface area (Å²) in [4.78, 5) is 2.56. The Hall–Kier alpha value is -2.41. The number of rotatable bonds is 3. The first-order chi connectivity index (χ1) is 11.8. The van der Waals surface area contributed by atoms with Gasteiger partial charge in [-0.15, -0.1) is 0 Å². The number of benzene rings is 2. The fourth-order valence-electron chi connectivity index (χ4n) is 3.67. The van der Waals surface area contributed by atoms with Crippen LogP contribution in [-0.4, -0.2) is 30.2 Å². The van der Waals surface area contributed by atoms with Crippen LogP contribution in [0.15, 0.2) is 60.7 Å². The van der Waals surface area contributed by atoms with Crippen LogP contribution < -0.4 is 0 Å².